The number of nitrogens with zero attached hydrogens (tertiary/aromatic N) is 2. The number of hydrogen-bond donors (Lipinski definition) is 0. The molecule has 2 aromatic rings. The van der Waals surface area contributed by atoms with E-state index in [4.69, 9.17) is 4.74 Å². The zero-order chi connectivity index (χ0) is 13.0. The van der Waals surface area contributed by atoms with E-state index in [1.807, 2.05) is 24.3 Å². The van der Waals surface area contributed by atoms with Crippen LogP contribution in [0.3, 0.4) is 0 Å². The molecule has 94 valence electrons. The van der Waals surface area contributed by atoms with Crippen molar-refractivity contribution in [2.45, 2.75) is 6.54 Å². The fourth-order valence-electron chi connectivity index (χ4n) is 1.64. The van der Waals surface area contributed by atoms with E-state index in [0.29, 0.717) is 0 Å². The topological polar surface area (TPSA) is 53.4 Å². The molecule has 5 heteroatoms. The number of methoxy groups -OCH3 is 2. The van der Waals surface area contributed by atoms with Gasteiger partial charge in [-0.3, -0.25) is 4.79 Å². The highest BCUT2D eigenvalue weighted by molar-refractivity contribution is 5.70. The highest BCUT2D eigenvalue weighted by Crippen LogP contribution is 2.20. The van der Waals surface area contributed by atoms with Crippen LogP contribution in [-0.4, -0.2) is 29.7 Å². The summed E-state index contributed by atoms with van der Waals surface area (Å²) in [5.74, 6) is 1.20. The first-order chi connectivity index (χ1) is 8.74. The van der Waals surface area contributed by atoms with Crippen LogP contribution >= 0.6 is 0 Å². The zero-order valence-corrected chi connectivity index (χ0v) is 10.3. The Morgan fingerprint density at radius 2 is 2.00 bits per heavy atom. The molecule has 1 aromatic heterocycles. The predicted molar refractivity (Wildman–Crippen MR) is 66.2 cm³/mol. The van der Waals surface area contributed by atoms with Crippen LogP contribution in [0.4, 0.5) is 0 Å². The number of ether oxygens (including phenoxy) is 2. The third kappa shape index (κ3) is 2.51. The van der Waals surface area contributed by atoms with Crippen molar-refractivity contribution in [2.75, 3.05) is 14.2 Å². The van der Waals surface area contributed by atoms with Gasteiger partial charge in [0.2, 0.25) is 0 Å². The second kappa shape index (κ2) is 5.35. The molecular formula is C13H14N2O3. The lowest BCUT2D eigenvalue weighted by Gasteiger charge is -2.07. The third-order valence-electron chi connectivity index (χ3n) is 2.59. The van der Waals surface area contributed by atoms with Gasteiger partial charge in [-0.05, 0) is 24.3 Å². The van der Waals surface area contributed by atoms with Crippen molar-refractivity contribution >= 4 is 5.97 Å². The molecule has 0 aliphatic heterocycles. The molecule has 18 heavy (non-hydrogen) atoms. The van der Waals surface area contributed by atoms with E-state index in [0.717, 1.165) is 17.1 Å². The summed E-state index contributed by atoms with van der Waals surface area (Å²) >= 11 is 0. The number of benzene rings is 1. The van der Waals surface area contributed by atoms with Gasteiger partial charge in [0.25, 0.3) is 0 Å². The summed E-state index contributed by atoms with van der Waals surface area (Å²) in [6.45, 7) is 0.151. The molecule has 0 saturated carbocycles. The largest absolute Gasteiger partial charge is 0.497 e. The van der Waals surface area contributed by atoms with Gasteiger partial charge in [0, 0.05) is 18.0 Å². The molecule has 0 amide bonds. The minimum absolute atomic E-state index is 0.151. The predicted octanol–water partition coefficient (Wildman–Crippen LogP) is 1.73. The molecule has 0 aliphatic carbocycles. The molecule has 0 fully saturated rings. The Hall–Kier alpha value is -2.30. The van der Waals surface area contributed by atoms with E-state index in [1.54, 1.807) is 24.1 Å². The van der Waals surface area contributed by atoms with Crippen molar-refractivity contribution in [3.05, 3.63) is 36.7 Å². The van der Waals surface area contributed by atoms with Crippen LogP contribution in [0.15, 0.2) is 36.7 Å². The van der Waals surface area contributed by atoms with Gasteiger partial charge in [0.05, 0.1) is 14.2 Å². The number of aromatic nitrogens is 2. The molecule has 0 bridgehead atoms. The Balaban J connectivity index is 2.27. The summed E-state index contributed by atoms with van der Waals surface area (Å²) in [7, 11) is 2.99. The van der Waals surface area contributed by atoms with Crippen LogP contribution in [0.5, 0.6) is 5.75 Å². The van der Waals surface area contributed by atoms with Gasteiger partial charge in [-0.2, -0.15) is 0 Å². The number of hydrogen-bond acceptors (Lipinski definition) is 4. The van der Waals surface area contributed by atoms with Gasteiger partial charge in [-0.25, -0.2) is 4.98 Å². The first-order valence-electron chi connectivity index (χ1n) is 5.47. The highest BCUT2D eigenvalue weighted by Gasteiger charge is 2.09. The second-order valence-corrected chi connectivity index (χ2v) is 3.68. The summed E-state index contributed by atoms with van der Waals surface area (Å²) in [5, 5.41) is 0. The van der Waals surface area contributed by atoms with Gasteiger partial charge in [-0.15, -0.1) is 0 Å². The Morgan fingerprint density at radius 3 is 2.61 bits per heavy atom. The van der Waals surface area contributed by atoms with E-state index >= 15 is 0 Å². The lowest BCUT2D eigenvalue weighted by molar-refractivity contribution is -0.141. The average Bonchev–Trinajstić information content (AvgIpc) is 2.86. The normalized spacial score (nSPS) is 10.1. The average molecular weight is 246 g/mol. The summed E-state index contributed by atoms with van der Waals surface area (Å²) < 4.78 is 11.5. The van der Waals surface area contributed by atoms with Crippen molar-refractivity contribution in [2.24, 2.45) is 0 Å². The minimum Gasteiger partial charge on any atom is -0.497 e. The molecule has 0 N–H and O–H groups in total. The lowest BCUT2D eigenvalue weighted by atomic mass is 10.2. The molecule has 0 unspecified atom stereocenters. The van der Waals surface area contributed by atoms with Crippen LogP contribution in [0.2, 0.25) is 0 Å². The maximum atomic E-state index is 11.3. The number of imidazole rings is 1. The number of esters is 1. The van der Waals surface area contributed by atoms with Gasteiger partial charge >= 0.3 is 5.97 Å². The Kier molecular flexibility index (Phi) is 3.62. The first-order valence-corrected chi connectivity index (χ1v) is 5.47. The summed E-state index contributed by atoms with van der Waals surface area (Å²) in [6, 6.07) is 7.50. The fraction of sp³-hybridized carbons (Fsp3) is 0.231. The van der Waals surface area contributed by atoms with Crippen molar-refractivity contribution in [1.29, 1.82) is 0 Å². The van der Waals surface area contributed by atoms with Gasteiger partial charge < -0.3 is 14.0 Å². The first kappa shape index (κ1) is 12.2. The van der Waals surface area contributed by atoms with Crippen LogP contribution in [0, 0.1) is 0 Å². The molecular weight excluding hydrogens is 232 g/mol. The quantitative estimate of drug-likeness (QED) is 0.771. The molecule has 1 heterocycles. The Bertz CT molecular complexity index is 531. The molecule has 5 nitrogen and oxygen atoms in total. The summed E-state index contributed by atoms with van der Waals surface area (Å²) in [4.78, 5) is 15.5. The molecule has 2 rings (SSSR count). The van der Waals surface area contributed by atoms with E-state index in [2.05, 4.69) is 9.72 Å². The van der Waals surface area contributed by atoms with Crippen LogP contribution < -0.4 is 4.74 Å². The zero-order valence-electron chi connectivity index (χ0n) is 10.3. The van der Waals surface area contributed by atoms with Crippen molar-refractivity contribution in [1.82, 2.24) is 9.55 Å². The van der Waals surface area contributed by atoms with Gasteiger partial charge in [0.1, 0.15) is 18.1 Å². The van der Waals surface area contributed by atoms with Crippen LogP contribution in [0.1, 0.15) is 0 Å². The van der Waals surface area contributed by atoms with Gasteiger partial charge in [-0.1, -0.05) is 0 Å². The Morgan fingerprint density at radius 1 is 1.28 bits per heavy atom. The third-order valence-corrected chi connectivity index (χ3v) is 2.59. The van der Waals surface area contributed by atoms with Crippen LogP contribution in [-0.2, 0) is 16.1 Å². The molecule has 0 saturated heterocycles. The van der Waals surface area contributed by atoms with Crippen molar-refractivity contribution < 1.29 is 14.3 Å². The van der Waals surface area contributed by atoms with Gasteiger partial charge in [0.15, 0.2) is 0 Å². The standard InChI is InChI=1S/C13H14N2O3/c1-17-11-5-3-10(4-6-11)13-14-7-8-15(13)9-12(16)18-2/h3-8H,9H2,1-2H3. The molecule has 0 radical (unpaired) electrons. The van der Waals surface area contributed by atoms with E-state index in [9.17, 15) is 4.79 Å². The second-order valence-electron chi connectivity index (χ2n) is 3.68. The maximum Gasteiger partial charge on any atom is 0.325 e. The molecule has 0 spiro atoms. The smallest absolute Gasteiger partial charge is 0.325 e. The monoisotopic (exact) mass is 246 g/mol. The summed E-state index contributed by atoms with van der Waals surface area (Å²) in [5.41, 5.74) is 0.921. The van der Waals surface area contributed by atoms with Crippen LogP contribution in [0.25, 0.3) is 11.4 Å². The fourth-order valence-corrected chi connectivity index (χ4v) is 1.64. The molecule has 0 aliphatic rings. The van der Waals surface area contributed by atoms with Crippen molar-refractivity contribution in [3.8, 4) is 17.1 Å². The van der Waals surface area contributed by atoms with Crippen molar-refractivity contribution in [3.63, 3.8) is 0 Å². The lowest BCUT2D eigenvalue weighted by Crippen LogP contribution is -2.11. The number of carbonyl (C=O) groups is 1. The van der Waals surface area contributed by atoms with E-state index in [-0.39, 0.29) is 12.5 Å². The van der Waals surface area contributed by atoms with E-state index in [1.165, 1.54) is 7.11 Å². The summed E-state index contributed by atoms with van der Waals surface area (Å²) in [6.07, 6.45) is 3.40. The van der Waals surface area contributed by atoms with E-state index < -0.39 is 0 Å². The minimum atomic E-state index is -0.303. The molecule has 0 atom stereocenters. The highest BCUT2D eigenvalue weighted by atomic mass is 16.5. The molecule has 1 aromatic carbocycles. The maximum absolute atomic E-state index is 11.3. The SMILES string of the molecule is COC(=O)Cn1ccnc1-c1ccc(OC)cc1. The Labute approximate surface area is 105 Å². The number of rotatable bonds is 4. The number of carbonyl (C=O) groups excluding carboxylic acids is 1.